The van der Waals surface area contributed by atoms with E-state index in [0.717, 1.165) is 45.2 Å². The normalized spacial score (nSPS) is 27.3. The number of urea groups is 1. The van der Waals surface area contributed by atoms with Crippen LogP contribution in [-0.4, -0.2) is 57.8 Å². The van der Waals surface area contributed by atoms with Crippen LogP contribution in [0.2, 0.25) is 0 Å². The monoisotopic (exact) mass is 345 g/mol. The number of hydrogen-bond donors (Lipinski definition) is 1. The van der Waals surface area contributed by atoms with Crippen LogP contribution in [0.15, 0.2) is 6.20 Å². The van der Waals surface area contributed by atoms with E-state index in [4.69, 9.17) is 0 Å². The van der Waals surface area contributed by atoms with Gasteiger partial charge in [-0.2, -0.15) is 5.10 Å². The average Bonchev–Trinajstić information content (AvgIpc) is 3.24. The number of fused-ring (bicyclic) bond motifs is 1. The lowest BCUT2D eigenvalue weighted by atomic mass is 9.93. The van der Waals surface area contributed by atoms with Gasteiger partial charge in [0.1, 0.15) is 0 Å². The number of carbonyl (C=O) groups is 1. The zero-order valence-corrected chi connectivity index (χ0v) is 15.4. The van der Waals surface area contributed by atoms with E-state index < -0.39 is 0 Å². The Kier molecular flexibility index (Phi) is 4.97. The molecule has 1 aromatic heterocycles. The highest BCUT2D eigenvalue weighted by Gasteiger charge is 2.33. The van der Waals surface area contributed by atoms with E-state index in [1.807, 2.05) is 17.9 Å². The van der Waals surface area contributed by atoms with Gasteiger partial charge in [0.2, 0.25) is 0 Å². The fraction of sp³-hybridized carbons (Fsp3) is 0.789. The Hall–Kier alpha value is -1.56. The molecule has 1 N–H and O–H groups in total. The summed E-state index contributed by atoms with van der Waals surface area (Å²) >= 11 is 0. The number of nitrogens with zero attached hydrogens (tertiary/aromatic N) is 4. The first kappa shape index (κ1) is 16.9. The molecular weight excluding hydrogens is 314 g/mol. The Labute approximate surface area is 150 Å². The van der Waals surface area contributed by atoms with Gasteiger partial charge in [0.25, 0.3) is 0 Å². The molecule has 2 saturated heterocycles. The first-order valence-corrected chi connectivity index (χ1v) is 10.0. The molecule has 4 rings (SSSR count). The number of hydrogen-bond acceptors (Lipinski definition) is 3. The second-order valence-corrected chi connectivity index (χ2v) is 7.92. The Morgan fingerprint density at radius 3 is 2.84 bits per heavy atom. The summed E-state index contributed by atoms with van der Waals surface area (Å²) in [5.74, 6) is 0. The molecule has 0 saturated carbocycles. The van der Waals surface area contributed by atoms with Gasteiger partial charge in [-0.05, 0) is 58.0 Å². The molecule has 25 heavy (non-hydrogen) atoms. The average molecular weight is 345 g/mol. The van der Waals surface area contributed by atoms with Crippen molar-refractivity contribution < 1.29 is 4.79 Å². The first-order valence-electron chi connectivity index (χ1n) is 10.0. The molecule has 1 aromatic rings. The smallest absolute Gasteiger partial charge is 0.318 e. The minimum atomic E-state index is 0.126. The van der Waals surface area contributed by atoms with Crippen molar-refractivity contribution in [3.8, 4) is 0 Å². The van der Waals surface area contributed by atoms with Crippen LogP contribution in [0.1, 0.15) is 62.2 Å². The predicted octanol–water partition coefficient (Wildman–Crippen LogP) is 2.46. The van der Waals surface area contributed by atoms with Crippen LogP contribution in [0.25, 0.3) is 0 Å². The molecule has 3 aliphatic rings. The first-order chi connectivity index (χ1) is 12.2. The summed E-state index contributed by atoms with van der Waals surface area (Å²) in [5, 5.41) is 7.70. The van der Waals surface area contributed by atoms with Gasteiger partial charge in [-0.1, -0.05) is 6.42 Å². The van der Waals surface area contributed by atoms with E-state index in [1.165, 1.54) is 43.6 Å². The maximum absolute atomic E-state index is 13.0. The van der Waals surface area contributed by atoms with Crippen molar-refractivity contribution in [3.05, 3.63) is 17.5 Å². The van der Waals surface area contributed by atoms with Gasteiger partial charge >= 0.3 is 6.03 Å². The van der Waals surface area contributed by atoms with Crippen molar-refractivity contribution in [3.63, 3.8) is 0 Å². The van der Waals surface area contributed by atoms with Crippen molar-refractivity contribution in [2.75, 3.05) is 26.2 Å². The van der Waals surface area contributed by atoms with Crippen molar-refractivity contribution in [2.24, 2.45) is 7.05 Å². The topological polar surface area (TPSA) is 53.4 Å². The summed E-state index contributed by atoms with van der Waals surface area (Å²) < 4.78 is 1.96. The molecule has 2 atom stereocenters. The molecule has 6 nitrogen and oxygen atoms in total. The van der Waals surface area contributed by atoms with Gasteiger partial charge in [-0.3, -0.25) is 4.68 Å². The quantitative estimate of drug-likeness (QED) is 0.915. The van der Waals surface area contributed by atoms with E-state index in [0.29, 0.717) is 6.04 Å². The van der Waals surface area contributed by atoms with Gasteiger partial charge < -0.3 is 15.1 Å². The van der Waals surface area contributed by atoms with Gasteiger partial charge in [-0.25, -0.2) is 4.79 Å². The molecule has 1 aliphatic carbocycles. The Morgan fingerprint density at radius 1 is 1.16 bits per heavy atom. The largest absolute Gasteiger partial charge is 0.331 e. The summed E-state index contributed by atoms with van der Waals surface area (Å²) in [5.41, 5.74) is 2.50. The third-order valence-corrected chi connectivity index (χ3v) is 6.23. The zero-order chi connectivity index (χ0) is 17.2. The number of amides is 2. The van der Waals surface area contributed by atoms with Crippen molar-refractivity contribution in [2.45, 2.75) is 63.5 Å². The van der Waals surface area contributed by atoms with Crippen molar-refractivity contribution in [1.29, 1.82) is 0 Å². The molecule has 0 bridgehead atoms. The second kappa shape index (κ2) is 7.36. The molecule has 6 heteroatoms. The maximum Gasteiger partial charge on any atom is 0.318 e. The molecule has 2 amide bonds. The van der Waals surface area contributed by atoms with Crippen LogP contribution in [0.3, 0.4) is 0 Å². The van der Waals surface area contributed by atoms with E-state index in [-0.39, 0.29) is 12.1 Å². The fourth-order valence-corrected chi connectivity index (χ4v) is 4.82. The van der Waals surface area contributed by atoms with Gasteiger partial charge in [0, 0.05) is 37.4 Å². The van der Waals surface area contributed by atoms with Gasteiger partial charge in [0.15, 0.2) is 0 Å². The Bertz CT molecular complexity index is 607. The molecule has 0 radical (unpaired) electrons. The minimum absolute atomic E-state index is 0.126. The lowest BCUT2D eigenvalue weighted by molar-refractivity contribution is 0.151. The molecule has 2 unspecified atom stereocenters. The van der Waals surface area contributed by atoms with Crippen molar-refractivity contribution in [1.82, 2.24) is 24.9 Å². The maximum atomic E-state index is 13.0. The van der Waals surface area contributed by atoms with E-state index >= 15 is 0 Å². The number of carbonyl (C=O) groups excluding carboxylic acids is 1. The number of likely N-dealkylation sites (tertiary alicyclic amines) is 2. The number of piperidine rings is 1. The summed E-state index contributed by atoms with van der Waals surface area (Å²) in [7, 11) is 2.00. The van der Waals surface area contributed by atoms with E-state index in [1.54, 1.807) is 0 Å². The van der Waals surface area contributed by atoms with Crippen molar-refractivity contribution >= 4 is 6.03 Å². The lowest BCUT2D eigenvalue weighted by Crippen LogP contribution is -2.49. The number of aryl methyl sites for hydroxylation is 1. The second-order valence-electron chi connectivity index (χ2n) is 7.92. The summed E-state index contributed by atoms with van der Waals surface area (Å²) in [4.78, 5) is 17.6. The summed E-state index contributed by atoms with van der Waals surface area (Å²) in [6, 6.07) is 0.637. The molecule has 0 aromatic carbocycles. The molecule has 138 valence electrons. The van der Waals surface area contributed by atoms with Crippen LogP contribution < -0.4 is 5.32 Å². The van der Waals surface area contributed by atoms with Crippen LogP contribution in [0.5, 0.6) is 0 Å². The zero-order valence-electron chi connectivity index (χ0n) is 15.4. The summed E-state index contributed by atoms with van der Waals surface area (Å²) in [6.07, 6.45) is 11.4. The Balaban J connectivity index is 1.38. The fourth-order valence-electron chi connectivity index (χ4n) is 4.82. The highest BCUT2D eigenvalue weighted by molar-refractivity contribution is 5.75. The minimum Gasteiger partial charge on any atom is -0.331 e. The van der Waals surface area contributed by atoms with Gasteiger partial charge in [0.05, 0.1) is 12.2 Å². The highest BCUT2D eigenvalue weighted by Crippen LogP contribution is 2.30. The molecule has 2 fully saturated rings. The third-order valence-electron chi connectivity index (χ3n) is 6.23. The summed E-state index contributed by atoms with van der Waals surface area (Å²) in [6.45, 7) is 4.36. The molecule has 2 aliphatic heterocycles. The van der Waals surface area contributed by atoms with Crippen LogP contribution in [0.4, 0.5) is 4.79 Å². The SMILES string of the molecule is Cn1ncc2c1CCCC2NC(=O)N1CCCC1CN1CCCCC1. The molecular formula is C19H31N5O. The highest BCUT2D eigenvalue weighted by atomic mass is 16.2. The molecule has 3 heterocycles. The number of aromatic nitrogens is 2. The molecule has 0 spiro atoms. The van der Waals surface area contributed by atoms with E-state index in [9.17, 15) is 4.79 Å². The number of rotatable bonds is 3. The standard InChI is InChI=1S/C19H31N5O/c1-22-18-9-5-8-17(16(18)13-20-22)21-19(25)24-12-6-7-15(24)14-23-10-3-2-4-11-23/h13,15,17H,2-12,14H2,1H3,(H,21,25). The third kappa shape index (κ3) is 3.54. The van der Waals surface area contributed by atoms with Gasteiger partial charge in [-0.15, -0.1) is 0 Å². The van der Waals surface area contributed by atoms with Crippen LogP contribution in [0, 0.1) is 0 Å². The van der Waals surface area contributed by atoms with Crippen LogP contribution in [-0.2, 0) is 13.5 Å². The predicted molar refractivity (Wildman–Crippen MR) is 97.4 cm³/mol. The van der Waals surface area contributed by atoms with E-state index in [2.05, 4.69) is 20.2 Å². The van der Waals surface area contributed by atoms with Crippen LogP contribution >= 0.6 is 0 Å². The number of nitrogens with one attached hydrogen (secondary N) is 1. The lowest BCUT2D eigenvalue weighted by Gasteiger charge is -2.34. The Morgan fingerprint density at radius 2 is 2.00 bits per heavy atom.